The van der Waals surface area contributed by atoms with Crippen LogP contribution in [0.25, 0.3) is 0 Å². The largest absolute Gasteiger partial charge is 0.462 e. The van der Waals surface area contributed by atoms with Crippen molar-refractivity contribution in [3.63, 3.8) is 0 Å². The monoisotopic (exact) mass is 302 g/mol. The van der Waals surface area contributed by atoms with Gasteiger partial charge in [-0.3, -0.25) is 10.1 Å². The molecule has 0 radical (unpaired) electrons. The van der Waals surface area contributed by atoms with Gasteiger partial charge in [0.25, 0.3) is 5.69 Å². The quantitative estimate of drug-likeness (QED) is 0.525. The van der Waals surface area contributed by atoms with Gasteiger partial charge in [-0.25, -0.2) is 4.79 Å². The minimum atomic E-state index is -0.592. The molecule has 0 aliphatic carbocycles. The van der Waals surface area contributed by atoms with Crippen molar-refractivity contribution in [3.05, 3.63) is 32.3 Å². The maximum absolute atomic E-state index is 11.5. The molecule has 0 fully saturated rings. The minimum Gasteiger partial charge on any atom is -0.462 e. The number of nitro groups is 1. The van der Waals surface area contributed by atoms with Gasteiger partial charge in [-0.05, 0) is 28.9 Å². The number of anilines is 1. The minimum absolute atomic E-state index is 0.137. The molecule has 0 heterocycles. The molecule has 0 aliphatic rings. The summed E-state index contributed by atoms with van der Waals surface area (Å²) in [4.78, 5) is 21.8. The molecule has 0 unspecified atom stereocenters. The van der Waals surface area contributed by atoms with Crippen molar-refractivity contribution in [2.45, 2.75) is 6.92 Å². The third-order valence-electron chi connectivity index (χ3n) is 2.05. The lowest BCUT2D eigenvalue weighted by Crippen LogP contribution is -2.07. The number of ether oxygens (including phenoxy) is 1. The first-order chi connectivity index (χ1) is 8.01. The lowest BCUT2D eigenvalue weighted by molar-refractivity contribution is -0.384. The second-order valence-corrected chi connectivity index (χ2v) is 3.93. The number of nitrogens with zero attached hydrogens (tertiary/aromatic N) is 1. The summed E-state index contributed by atoms with van der Waals surface area (Å²) in [6.45, 7) is 1.88. The summed E-state index contributed by atoms with van der Waals surface area (Å²) in [5.41, 5.74) is 0.297. The third kappa shape index (κ3) is 2.94. The number of hydrogen-bond donors (Lipinski definition) is 1. The highest BCUT2D eigenvalue weighted by Crippen LogP contribution is 2.31. The molecule has 7 heteroatoms. The summed E-state index contributed by atoms with van der Waals surface area (Å²) in [7, 11) is 1.57. The number of rotatable bonds is 4. The van der Waals surface area contributed by atoms with Gasteiger partial charge in [0.15, 0.2) is 0 Å². The molecule has 1 N–H and O–H groups in total. The van der Waals surface area contributed by atoms with Crippen LogP contribution < -0.4 is 5.32 Å². The highest BCUT2D eigenvalue weighted by molar-refractivity contribution is 9.10. The van der Waals surface area contributed by atoms with E-state index in [4.69, 9.17) is 4.74 Å². The zero-order chi connectivity index (χ0) is 13.0. The van der Waals surface area contributed by atoms with Gasteiger partial charge in [0.1, 0.15) is 5.69 Å². The normalized spacial score (nSPS) is 9.82. The smallest absolute Gasteiger partial charge is 0.339 e. The molecule has 0 saturated heterocycles. The maximum Gasteiger partial charge on any atom is 0.339 e. The topological polar surface area (TPSA) is 81.5 Å². The van der Waals surface area contributed by atoms with E-state index in [9.17, 15) is 14.9 Å². The summed E-state index contributed by atoms with van der Waals surface area (Å²) in [5, 5.41) is 13.5. The molecule has 17 heavy (non-hydrogen) atoms. The number of nitro benzene ring substituents is 1. The predicted molar refractivity (Wildman–Crippen MR) is 66.3 cm³/mol. The Kier molecular flexibility index (Phi) is 4.45. The molecular formula is C10H11BrN2O4. The van der Waals surface area contributed by atoms with Crippen molar-refractivity contribution in [1.29, 1.82) is 0 Å². The van der Waals surface area contributed by atoms with Gasteiger partial charge in [-0.2, -0.15) is 0 Å². The highest BCUT2D eigenvalue weighted by atomic mass is 79.9. The third-order valence-corrected chi connectivity index (χ3v) is 2.70. The van der Waals surface area contributed by atoms with Crippen LogP contribution in [0.15, 0.2) is 16.6 Å². The number of hydrogen-bond acceptors (Lipinski definition) is 5. The molecule has 0 aromatic heterocycles. The van der Waals surface area contributed by atoms with E-state index in [1.807, 2.05) is 0 Å². The molecule has 0 aliphatic heterocycles. The Hall–Kier alpha value is -1.63. The number of esters is 1. The lowest BCUT2D eigenvalue weighted by Gasteiger charge is -2.07. The first-order valence-corrected chi connectivity index (χ1v) is 5.63. The Morgan fingerprint density at radius 2 is 2.24 bits per heavy atom. The van der Waals surface area contributed by atoms with Gasteiger partial charge in [-0.1, -0.05) is 0 Å². The summed E-state index contributed by atoms with van der Waals surface area (Å²) in [6.07, 6.45) is 0. The van der Waals surface area contributed by atoms with Crippen molar-refractivity contribution in [3.8, 4) is 0 Å². The standard InChI is InChI=1S/C10H11BrN2O4/c1-3-17-10(14)6-4-9(13(15)16)8(12-2)5-7(6)11/h4-5,12H,3H2,1-2H3. The van der Waals surface area contributed by atoms with Gasteiger partial charge < -0.3 is 10.1 Å². The lowest BCUT2D eigenvalue weighted by atomic mass is 10.1. The van der Waals surface area contributed by atoms with Crippen LogP contribution in [0.1, 0.15) is 17.3 Å². The Morgan fingerprint density at radius 1 is 1.59 bits per heavy atom. The van der Waals surface area contributed by atoms with Gasteiger partial charge in [0, 0.05) is 17.6 Å². The molecule has 0 saturated carbocycles. The van der Waals surface area contributed by atoms with Crippen molar-refractivity contribution in [2.24, 2.45) is 0 Å². The van der Waals surface area contributed by atoms with Gasteiger partial charge in [0.2, 0.25) is 0 Å². The number of carbonyl (C=O) groups is 1. The van der Waals surface area contributed by atoms with Crippen molar-refractivity contribution < 1.29 is 14.5 Å². The van der Waals surface area contributed by atoms with Crippen LogP contribution in [-0.4, -0.2) is 24.5 Å². The highest BCUT2D eigenvalue weighted by Gasteiger charge is 2.20. The molecule has 0 atom stereocenters. The van der Waals surface area contributed by atoms with Crippen LogP contribution in [0, 0.1) is 10.1 Å². The van der Waals surface area contributed by atoms with E-state index in [0.29, 0.717) is 10.2 Å². The number of nitrogens with one attached hydrogen (secondary N) is 1. The number of carbonyl (C=O) groups excluding carboxylic acids is 1. The Balaban J connectivity index is 3.29. The Bertz CT molecular complexity index is 462. The van der Waals surface area contributed by atoms with Crippen LogP contribution in [0.5, 0.6) is 0 Å². The second-order valence-electron chi connectivity index (χ2n) is 3.08. The molecular weight excluding hydrogens is 292 g/mol. The molecule has 1 aromatic rings. The molecule has 1 aromatic carbocycles. The van der Waals surface area contributed by atoms with Gasteiger partial charge in [-0.15, -0.1) is 0 Å². The Labute approximate surface area is 106 Å². The first kappa shape index (κ1) is 13.4. The van der Waals surface area contributed by atoms with E-state index in [-0.39, 0.29) is 17.9 Å². The summed E-state index contributed by atoms with van der Waals surface area (Å²) in [6, 6.07) is 2.66. The van der Waals surface area contributed by atoms with E-state index in [2.05, 4.69) is 21.2 Å². The zero-order valence-electron chi connectivity index (χ0n) is 9.32. The van der Waals surface area contributed by atoms with E-state index in [0.717, 1.165) is 0 Å². The van der Waals surface area contributed by atoms with Crippen molar-refractivity contribution in [2.75, 3.05) is 19.0 Å². The number of benzene rings is 1. The van der Waals surface area contributed by atoms with Crippen LogP contribution in [0.4, 0.5) is 11.4 Å². The fraction of sp³-hybridized carbons (Fsp3) is 0.300. The van der Waals surface area contributed by atoms with Crippen LogP contribution in [-0.2, 0) is 4.74 Å². The van der Waals surface area contributed by atoms with Gasteiger partial charge in [0.05, 0.1) is 17.1 Å². The first-order valence-electron chi connectivity index (χ1n) is 4.84. The fourth-order valence-electron chi connectivity index (χ4n) is 1.28. The van der Waals surface area contributed by atoms with E-state index < -0.39 is 10.9 Å². The summed E-state index contributed by atoms with van der Waals surface area (Å²) >= 11 is 3.18. The average molecular weight is 303 g/mol. The average Bonchev–Trinajstić information content (AvgIpc) is 2.28. The molecule has 1 rings (SSSR count). The van der Waals surface area contributed by atoms with Crippen LogP contribution in [0.2, 0.25) is 0 Å². The Morgan fingerprint density at radius 3 is 2.71 bits per heavy atom. The summed E-state index contributed by atoms with van der Waals surface area (Å²) < 4.78 is 5.25. The maximum atomic E-state index is 11.5. The SMILES string of the molecule is CCOC(=O)c1cc([N+](=O)[O-])c(NC)cc1Br. The van der Waals surface area contributed by atoms with E-state index in [1.165, 1.54) is 12.1 Å². The number of halogens is 1. The fourth-order valence-corrected chi connectivity index (χ4v) is 1.78. The zero-order valence-corrected chi connectivity index (χ0v) is 10.9. The van der Waals surface area contributed by atoms with Gasteiger partial charge >= 0.3 is 5.97 Å². The molecule has 92 valence electrons. The van der Waals surface area contributed by atoms with Crippen LogP contribution >= 0.6 is 15.9 Å². The molecule has 0 bridgehead atoms. The van der Waals surface area contributed by atoms with Crippen LogP contribution in [0.3, 0.4) is 0 Å². The van der Waals surface area contributed by atoms with Crippen molar-refractivity contribution >= 4 is 33.3 Å². The van der Waals surface area contributed by atoms with E-state index in [1.54, 1.807) is 14.0 Å². The molecule has 0 spiro atoms. The molecule has 0 amide bonds. The van der Waals surface area contributed by atoms with E-state index >= 15 is 0 Å². The summed E-state index contributed by atoms with van der Waals surface area (Å²) in [5.74, 6) is -0.592. The molecule has 6 nitrogen and oxygen atoms in total. The van der Waals surface area contributed by atoms with Crippen molar-refractivity contribution in [1.82, 2.24) is 0 Å². The second kappa shape index (κ2) is 5.62. The predicted octanol–water partition coefficient (Wildman–Crippen LogP) is 2.58.